The van der Waals surface area contributed by atoms with E-state index in [9.17, 15) is 13.6 Å². The molecule has 2 aromatic rings. The first kappa shape index (κ1) is 16.9. The minimum absolute atomic E-state index is 0.288. The number of carboxylic acid groups (broad SMARTS) is 1. The molecule has 0 aliphatic heterocycles. The lowest BCUT2D eigenvalue weighted by molar-refractivity contribution is -0.136. The van der Waals surface area contributed by atoms with E-state index in [0.29, 0.717) is 10.6 Å². The van der Waals surface area contributed by atoms with Crippen molar-refractivity contribution in [1.82, 2.24) is 0 Å². The van der Waals surface area contributed by atoms with Gasteiger partial charge in [0.15, 0.2) is 0 Å². The normalized spacial score (nSPS) is 11.5. The van der Waals surface area contributed by atoms with Crippen molar-refractivity contribution in [2.75, 3.05) is 0 Å². The number of aliphatic carboxylic acids is 1. The molecule has 0 radical (unpaired) electrons. The van der Waals surface area contributed by atoms with Crippen molar-refractivity contribution in [3.8, 4) is 11.1 Å². The summed E-state index contributed by atoms with van der Waals surface area (Å²) >= 11 is 5.77. The van der Waals surface area contributed by atoms with E-state index in [-0.39, 0.29) is 17.7 Å². The molecule has 2 aromatic carbocycles. The van der Waals surface area contributed by atoms with Crippen molar-refractivity contribution in [3.05, 3.63) is 58.6 Å². The topological polar surface area (TPSA) is 69.9 Å². The molecule has 2 N–H and O–H groups in total. The van der Waals surface area contributed by atoms with Gasteiger partial charge in [-0.2, -0.15) is 0 Å². The lowest BCUT2D eigenvalue weighted by Crippen LogP contribution is -2.10. The molecule has 0 fully saturated rings. The van der Waals surface area contributed by atoms with Crippen molar-refractivity contribution in [3.63, 3.8) is 0 Å². The molecule has 120 valence electrons. The van der Waals surface area contributed by atoms with Crippen LogP contribution >= 0.6 is 11.6 Å². The highest BCUT2D eigenvalue weighted by molar-refractivity contribution is 6.30. The summed E-state index contributed by atoms with van der Waals surface area (Å²) in [5, 5.41) is 20.8. The molecule has 0 saturated heterocycles. The summed E-state index contributed by atoms with van der Waals surface area (Å²) in [4.78, 5) is 10.6. The molecule has 23 heavy (non-hydrogen) atoms. The maximum Gasteiger partial charge on any atom is 0.303 e. The van der Waals surface area contributed by atoms with Gasteiger partial charge in [-0.25, -0.2) is 8.78 Å². The summed E-state index contributed by atoms with van der Waals surface area (Å²) in [5.41, 5.74) is -0.0424. The number of nitrogens with zero attached hydrogens (tertiary/aromatic N) is 1. The van der Waals surface area contributed by atoms with Gasteiger partial charge in [0.1, 0.15) is 11.6 Å². The highest BCUT2D eigenvalue weighted by Gasteiger charge is 2.19. The largest absolute Gasteiger partial charge is 0.481 e. The molecular weight excluding hydrogens is 328 g/mol. The van der Waals surface area contributed by atoms with E-state index in [0.717, 1.165) is 12.1 Å². The van der Waals surface area contributed by atoms with E-state index in [1.165, 1.54) is 0 Å². The highest BCUT2D eigenvalue weighted by atomic mass is 35.5. The number of carboxylic acids is 1. The Morgan fingerprint density at radius 3 is 2.09 bits per heavy atom. The molecule has 0 unspecified atom stereocenters. The molecule has 0 spiro atoms. The van der Waals surface area contributed by atoms with E-state index >= 15 is 0 Å². The van der Waals surface area contributed by atoms with Crippen molar-refractivity contribution in [2.24, 2.45) is 5.16 Å². The summed E-state index contributed by atoms with van der Waals surface area (Å²) in [5.74, 6) is -3.04. The smallest absolute Gasteiger partial charge is 0.303 e. The molecule has 0 aliphatic carbocycles. The van der Waals surface area contributed by atoms with Crippen LogP contribution in [0.4, 0.5) is 8.78 Å². The van der Waals surface area contributed by atoms with E-state index in [2.05, 4.69) is 5.16 Å². The molecular formula is C16H12ClF2NO3. The van der Waals surface area contributed by atoms with E-state index in [1.807, 2.05) is 0 Å². The Bertz CT molecular complexity index is 737. The number of benzene rings is 2. The van der Waals surface area contributed by atoms with Gasteiger partial charge in [-0.3, -0.25) is 4.79 Å². The maximum atomic E-state index is 14.2. The molecule has 0 atom stereocenters. The van der Waals surface area contributed by atoms with Gasteiger partial charge in [-0.1, -0.05) is 28.9 Å². The van der Waals surface area contributed by atoms with Crippen LogP contribution in [-0.2, 0) is 4.79 Å². The number of hydrogen-bond acceptors (Lipinski definition) is 3. The van der Waals surface area contributed by atoms with Gasteiger partial charge in [0.2, 0.25) is 0 Å². The van der Waals surface area contributed by atoms with Gasteiger partial charge < -0.3 is 10.3 Å². The second-order valence-corrected chi connectivity index (χ2v) is 5.20. The molecule has 0 heterocycles. The van der Waals surface area contributed by atoms with Crippen LogP contribution in [-0.4, -0.2) is 22.0 Å². The van der Waals surface area contributed by atoms with Crippen LogP contribution in [0.25, 0.3) is 11.1 Å². The Morgan fingerprint density at radius 1 is 1.04 bits per heavy atom. The van der Waals surface area contributed by atoms with Crippen molar-refractivity contribution in [2.45, 2.75) is 12.8 Å². The van der Waals surface area contributed by atoms with Crippen molar-refractivity contribution in [1.29, 1.82) is 0 Å². The second kappa shape index (κ2) is 7.19. The summed E-state index contributed by atoms with van der Waals surface area (Å²) in [6.45, 7) is 0. The lowest BCUT2D eigenvalue weighted by atomic mass is 9.99. The van der Waals surface area contributed by atoms with Gasteiger partial charge in [0.25, 0.3) is 0 Å². The third kappa shape index (κ3) is 4.04. The first-order valence-electron chi connectivity index (χ1n) is 6.60. The quantitative estimate of drug-likeness (QED) is 0.484. The third-order valence-electron chi connectivity index (χ3n) is 3.20. The van der Waals surface area contributed by atoms with Gasteiger partial charge >= 0.3 is 5.97 Å². The summed E-state index contributed by atoms with van der Waals surface area (Å²) in [6.07, 6.45) is -0.697. The van der Waals surface area contributed by atoms with Crippen LogP contribution in [0.5, 0.6) is 0 Å². The van der Waals surface area contributed by atoms with Gasteiger partial charge in [0.05, 0.1) is 17.7 Å². The van der Waals surface area contributed by atoms with Crippen LogP contribution in [0, 0.1) is 11.6 Å². The number of halogens is 3. The monoisotopic (exact) mass is 339 g/mol. The fourth-order valence-electron chi connectivity index (χ4n) is 2.11. The Balaban J connectivity index is 2.40. The molecule has 7 heteroatoms. The molecule has 0 bridgehead atoms. The Morgan fingerprint density at radius 2 is 1.61 bits per heavy atom. The molecule has 0 amide bonds. The van der Waals surface area contributed by atoms with Crippen LogP contribution in [0.1, 0.15) is 18.4 Å². The van der Waals surface area contributed by atoms with Gasteiger partial charge in [0, 0.05) is 11.4 Å². The zero-order chi connectivity index (χ0) is 17.0. The molecule has 4 nitrogen and oxygen atoms in total. The van der Waals surface area contributed by atoms with E-state index in [4.69, 9.17) is 21.9 Å². The molecule has 0 saturated carbocycles. The highest BCUT2D eigenvalue weighted by Crippen LogP contribution is 2.26. The average Bonchev–Trinajstić information content (AvgIpc) is 2.50. The fourth-order valence-corrected chi connectivity index (χ4v) is 2.23. The van der Waals surface area contributed by atoms with Gasteiger partial charge in [-0.15, -0.1) is 0 Å². The molecule has 0 aliphatic rings. The lowest BCUT2D eigenvalue weighted by Gasteiger charge is -2.09. The Labute approximate surface area is 135 Å². The number of hydrogen-bond donors (Lipinski definition) is 2. The minimum atomic E-state index is -1.16. The fraction of sp³-hybridized carbons (Fsp3) is 0.125. The first-order valence-corrected chi connectivity index (χ1v) is 6.98. The second-order valence-electron chi connectivity index (χ2n) is 4.76. The van der Waals surface area contributed by atoms with E-state index in [1.54, 1.807) is 24.3 Å². The Kier molecular flexibility index (Phi) is 5.28. The number of carbonyl (C=O) groups is 1. The van der Waals surface area contributed by atoms with E-state index < -0.39 is 29.6 Å². The predicted molar refractivity (Wildman–Crippen MR) is 82.0 cm³/mol. The first-order chi connectivity index (χ1) is 10.9. The zero-order valence-electron chi connectivity index (χ0n) is 11.8. The van der Waals surface area contributed by atoms with Crippen molar-refractivity contribution < 1.29 is 23.9 Å². The van der Waals surface area contributed by atoms with Crippen molar-refractivity contribution >= 4 is 23.3 Å². The SMILES string of the molecule is O=C(O)CC/C(=N\O)c1c(F)cc(-c2ccc(Cl)cc2)cc1F. The average molecular weight is 340 g/mol. The molecule has 2 rings (SSSR count). The Hall–Kier alpha value is -2.47. The molecule has 0 aromatic heterocycles. The van der Waals surface area contributed by atoms with Crippen LogP contribution in [0.2, 0.25) is 5.02 Å². The maximum absolute atomic E-state index is 14.2. The summed E-state index contributed by atoms with van der Waals surface area (Å²) in [7, 11) is 0. The predicted octanol–water partition coefficient (Wildman–Crippen LogP) is 4.33. The van der Waals surface area contributed by atoms with Crippen LogP contribution < -0.4 is 0 Å². The third-order valence-corrected chi connectivity index (χ3v) is 3.46. The number of rotatable bonds is 5. The standard InChI is InChI=1S/C16H12ClF2NO3/c17-11-3-1-9(2-4-11)10-7-12(18)16(13(19)8-10)14(20-23)5-6-15(21)22/h1-4,7-8,23H,5-6H2,(H,21,22)/b20-14+. The summed E-state index contributed by atoms with van der Waals surface area (Å²) < 4.78 is 28.5. The minimum Gasteiger partial charge on any atom is -0.481 e. The summed E-state index contributed by atoms with van der Waals surface area (Å²) in [6, 6.07) is 8.59. The van der Waals surface area contributed by atoms with Crippen LogP contribution in [0.3, 0.4) is 0 Å². The van der Waals surface area contributed by atoms with Crippen LogP contribution in [0.15, 0.2) is 41.6 Å². The zero-order valence-corrected chi connectivity index (χ0v) is 12.5. The van der Waals surface area contributed by atoms with Gasteiger partial charge in [-0.05, 0) is 35.4 Å². The number of oxime groups is 1.